The molecule has 3 aromatic rings. The number of fused-ring (bicyclic) bond motifs is 1. The topological polar surface area (TPSA) is 29.9 Å². The van der Waals surface area contributed by atoms with Crippen LogP contribution in [0.1, 0.15) is 43.7 Å². The fourth-order valence-electron chi connectivity index (χ4n) is 3.60. The van der Waals surface area contributed by atoms with Gasteiger partial charge in [0.15, 0.2) is 0 Å². The van der Waals surface area contributed by atoms with E-state index in [1.807, 2.05) is 6.33 Å². The van der Waals surface area contributed by atoms with Crippen molar-refractivity contribution >= 4 is 32.7 Å². The van der Waals surface area contributed by atoms with Gasteiger partial charge in [0, 0.05) is 22.7 Å². The Morgan fingerprint density at radius 3 is 2.62 bits per heavy atom. The third-order valence-corrected chi connectivity index (χ3v) is 5.48. The number of halogens is 1. The predicted molar refractivity (Wildman–Crippen MR) is 103 cm³/mol. The van der Waals surface area contributed by atoms with Gasteiger partial charge >= 0.3 is 0 Å². The monoisotopic (exact) mass is 383 g/mol. The molecule has 2 aromatic carbocycles. The Hall–Kier alpha value is -1.81. The van der Waals surface area contributed by atoms with E-state index >= 15 is 0 Å². The average Bonchev–Trinajstić information content (AvgIpc) is 3.05. The maximum absolute atomic E-state index is 4.64. The Labute approximate surface area is 151 Å². The number of anilines is 1. The molecule has 1 aliphatic rings. The van der Waals surface area contributed by atoms with Crippen molar-refractivity contribution in [1.29, 1.82) is 0 Å². The van der Waals surface area contributed by atoms with Gasteiger partial charge in [-0.05, 0) is 48.7 Å². The number of benzene rings is 2. The first kappa shape index (κ1) is 15.7. The number of hydrogen-bond donors (Lipinski definition) is 1. The van der Waals surface area contributed by atoms with Crippen molar-refractivity contribution in [2.24, 2.45) is 0 Å². The van der Waals surface area contributed by atoms with Gasteiger partial charge in [-0.2, -0.15) is 0 Å². The van der Waals surface area contributed by atoms with Crippen LogP contribution in [0.3, 0.4) is 0 Å². The molecule has 4 rings (SSSR count). The Bertz CT molecular complexity index is 817. The van der Waals surface area contributed by atoms with E-state index < -0.39 is 0 Å². The number of hydrogen-bond acceptors (Lipinski definition) is 2. The van der Waals surface area contributed by atoms with E-state index in [1.54, 1.807) is 0 Å². The largest absolute Gasteiger partial charge is 0.381 e. The molecule has 1 fully saturated rings. The van der Waals surface area contributed by atoms with Crippen LogP contribution in [-0.4, -0.2) is 9.55 Å². The number of nitrogens with zero attached hydrogens (tertiary/aromatic N) is 2. The normalized spacial score (nSPS) is 15.7. The quantitative estimate of drug-likeness (QED) is 0.606. The molecule has 4 heteroatoms. The van der Waals surface area contributed by atoms with E-state index in [1.165, 1.54) is 43.2 Å². The minimum Gasteiger partial charge on any atom is -0.381 e. The van der Waals surface area contributed by atoms with Crippen molar-refractivity contribution < 1.29 is 0 Å². The van der Waals surface area contributed by atoms with Gasteiger partial charge in [-0.15, -0.1) is 0 Å². The van der Waals surface area contributed by atoms with Gasteiger partial charge in [-0.25, -0.2) is 4.98 Å². The maximum Gasteiger partial charge on any atom is 0.0960 e. The van der Waals surface area contributed by atoms with Gasteiger partial charge in [0.2, 0.25) is 0 Å². The molecule has 0 bridgehead atoms. The fraction of sp³-hybridized carbons (Fsp3) is 0.350. The van der Waals surface area contributed by atoms with Crippen LogP contribution in [0.5, 0.6) is 0 Å². The van der Waals surface area contributed by atoms with Crippen LogP contribution >= 0.6 is 15.9 Å². The molecule has 0 unspecified atom stereocenters. The highest BCUT2D eigenvalue weighted by Crippen LogP contribution is 2.31. The van der Waals surface area contributed by atoms with Crippen LogP contribution in [-0.2, 0) is 6.54 Å². The maximum atomic E-state index is 4.64. The van der Waals surface area contributed by atoms with Crippen molar-refractivity contribution in [1.82, 2.24) is 9.55 Å². The van der Waals surface area contributed by atoms with E-state index in [-0.39, 0.29) is 0 Å². The standard InChI is InChI=1S/C20H22BrN3/c21-16-8-6-15(7-9-16)13-22-17-10-11-20-19(12-17)23-14-24(20)18-4-2-1-3-5-18/h6-12,14,18,22H,1-5,13H2. The Balaban J connectivity index is 1.50. The summed E-state index contributed by atoms with van der Waals surface area (Å²) in [4.78, 5) is 4.64. The SMILES string of the molecule is Brc1ccc(CNc2ccc3c(c2)ncn3C2CCCCC2)cc1. The second-order valence-corrected chi connectivity index (χ2v) is 7.54. The van der Waals surface area contributed by atoms with Crippen LogP contribution in [0.25, 0.3) is 11.0 Å². The van der Waals surface area contributed by atoms with Crippen LogP contribution < -0.4 is 5.32 Å². The molecule has 1 heterocycles. The lowest BCUT2D eigenvalue weighted by Gasteiger charge is -2.23. The van der Waals surface area contributed by atoms with Crippen LogP contribution in [0, 0.1) is 0 Å². The van der Waals surface area contributed by atoms with Gasteiger partial charge in [0.05, 0.1) is 17.4 Å². The molecule has 0 saturated heterocycles. The summed E-state index contributed by atoms with van der Waals surface area (Å²) in [5.74, 6) is 0. The number of nitrogens with one attached hydrogen (secondary N) is 1. The summed E-state index contributed by atoms with van der Waals surface area (Å²) >= 11 is 3.47. The lowest BCUT2D eigenvalue weighted by molar-refractivity contribution is 0.359. The minimum atomic E-state index is 0.630. The molecule has 3 nitrogen and oxygen atoms in total. The zero-order chi connectivity index (χ0) is 16.4. The van der Waals surface area contributed by atoms with E-state index in [4.69, 9.17) is 0 Å². The summed E-state index contributed by atoms with van der Waals surface area (Å²) in [5.41, 5.74) is 4.74. The second kappa shape index (κ2) is 6.98. The third-order valence-electron chi connectivity index (χ3n) is 4.95. The molecule has 1 saturated carbocycles. The van der Waals surface area contributed by atoms with Crippen LogP contribution in [0.4, 0.5) is 5.69 Å². The molecule has 124 valence electrons. The van der Waals surface area contributed by atoms with Crippen molar-refractivity contribution in [3.05, 3.63) is 58.8 Å². The number of rotatable bonds is 4. The first-order valence-corrected chi connectivity index (χ1v) is 9.54. The summed E-state index contributed by atoms with van der Waals surface area (Å²) in [6, 6.07) is 15.6. The molecule has 0 radical (unpaired) electrons. The highest BCUT2D eigenvalue weighted by atomic mass is 79.9. The highest BCUT2D eigenvalue weighted by Gasteiger charge is 2.17. The molecule has 0 spiro atoms. The molecule has 1 N–H and O–H groups in total. The lowest BCUT2D eigenvalue weighted by atomic mass is 9.95. The molecular weight excluding hydrogens is 362 g/mol. The van der Waals surface area contributed by atoms with Crippen LogP contribution in [0.2, 0.25) is 0 Å². The van der Waals surface area contributed by atoms with Gasteiger partial charge in [-0.1, -0.05) is 47.3 Å². The first-order chi connectivity index (χ1) is 11.8. The summed E-state index contributed by atoms with van der Waals surface area (Å²) in [5, 5.41) is 3.50. The van der Waals surface area contributed by atoms with Gasteiger partial charge < -0.3 is 9.88 Å². The predicted octanol–water partition coefficient (Wildman–Crippen LogP) is 5.92. The number of aromatic nitrogens is 2. The summed E-state index contributed by atoms with van der Waals surface area (Å²) in [7, 11) is 0. The van der Waals surface area contributed by atoms with Crippen molar-refractivity contribution in [2.75, 3.05) is 5.32 Å². The van der Waals surface area contributed by atoms with Crippen molar-refractivity contribution in [3.8, 4) is 0 Å². The highest BCUT2D eigenvalue weighted by molar-refractivity contribution is 9.10. The molecule has 0 amide bonds. The Kier molecular flexibility index (Phi) is 4.56. The van der Waals surface area contributed by atoms with E-state index in [9.17, 15) is 0 Å². The summed E-state index contributed by atoms with van der Waals surface area (Å²) in [6.07, 6.45) is 8.67. The van der Waals surface area contributed by atoms with Crippen molar-refractivity contribution in [3.63, 3.8) is 0 Å². The van der Waals surface area contributed by atoms with Gasteiger partial charge in [0.25, 0.3) is 0 Å². The average molecular weight is 384 g/mol. The summed E-state index contributed by atoms with van der Waals surface area (Å²) < 4.78 is 3.49. The molecule has 24 heavy (non-hydrogen) atoms. The van der Waals surface area contributed by atoms with Gasteiger partial charge in [0.1, 0.15) is 0 Å². The molecule has 0 aliphatic heterocycles. The van der Waals surface area contributed by atoms with Gasteiger partial charge in [-0.3, -0.25) is 0 Å². The van der Waals surface area contributed by atoms with E-state index in [0.29, 0.717) is 6.04 Å². The first-order valence-electron chi connectivity index (χ1n) is 8.74. The Morgan fingerprint density at radius 1 is 1.04 bits per heavy atom. The van der Waals surface area contributed by atoms with Crippen LogP contribution in [0.15, 0.2) is 53.3 Å². The zero-order valence-electron chi connectivity index (χ0n) is 13.7. The Morgan fingerprint density at radius 2 is 1.83 bits per heavy atom. The lowest BCUT2D eigenvalue weighted by Crippen LogP contribution is -2.11. The molecule has 1 aliphatic carbocycles. The van der Waals surface area contributed by atoms with E-state index in [2.05, 4.69) is 73.3 Å². The van der Waals surface area contributed by atoms with E-state index in [0.717, 1.165) is 22.2 Å². The number of imidazole rings is 1. The van der Waals surface area contributed by atoms with Crippen molar-refractivity contribution in [2.45, 2.75) is 44.7 Å². The molecule has 0 atom stereocenters. The third kappa shape index (κ3) is 3.34. The second-order valence-electron chi connectivity index (χ2n) is 6.63. The summed E-state index contributed by atoms with van der Waals surface area (Å²) in [6.45, 7) is 0.822. The zero-order valence-corrected chi connectivity index (χ0v) is 15.3. The molecule has 1 aromatic heterocycles. The molecular formula is C20H22BrN3. The minimum absolute atomic E-state index is 0.630. The smallest absolute Gasteiger partial charge is 0.0960 e. The fourth-order valence-corrected chi connectivity index (χ4v) is 3.86.